The van der Waals surface area contributed by atoms with Gasteiger partial charge in [0, 0.05) is 37.3 Å². The van der Waals surface area contributed by atoms with Crippen LogP contribution in [0.1, 0.15) is 80.9 Å². The second kappa shape index (κ2) is 19.9. The smallest absolute Gasteiger partial charge is 0.328 e. The van der Waals surface area contributed by atoms with E-state index in [4.69, 9.17) is 4.74 Å². The number of hydrogen-bond acceptors (Lipinski definition) is 7. The minimum absolute atomic E-state index is 0.00616. The van der Waals surface area contributed by atoms with E-state index < -0.39 is 35.8 Å². The van der Waals surface area contributed by atoms with Gasteiger partial charge in [0.1, 0.15) is 17.9 Å². The topological polar surface area (TPSA) is 113 Å². The average molecular weight is 766 g/mol. The molecule has 0 unspecified atom stereocenters. The molecular formula is C45H55N3O6S. The van der Waals surface area contributed by atoms with Gasteiger partial charge in [-0.1, -0.05) is 91.0 Å². The van der Waals surface area contributed by atoms with Gasteiger partial charge in [-0.15, -0.1) is 11.8 Å². The SMILES string of the molecule is COC(=O)[C@@H]1CCC[C@@H]2SCC[C@H](CC(=O)[C@H](CC[C@H](Cc3ccccc3)C(=O)N[C@H]3CCCCN(Cc4ccccc4)C3=O)Cc3ccccc3)C(=O)N21. The minimum atomic E-state index is -0.623. The Morgan fingerprint density at radius 1 is 0.745 bits per heavy atom. The number of piperidine rings is 1. The number of carbonyl (C=O) groups excluding carboxylic acids is 5. The molecule has 3 aromatic carbocycles. The Morgan fingerprint density at radius 2 is 1.36 bits per heavy atom. The Hall–Kier alpha value is -4.44. The van der Waals surface area contributed by atoms with Crippen molar-refractivity contribution in [1.82, 2.24) is 15.1 Å². The molecule has 0 bridgehead atoms. The van der Waals surface area contributed by atoms with Gasteiger partial charge < -0.3 is 19.9 Å². The summed E-state index contributed by atoms with van der Waals surface area (Å²) < 4.78 is 5.09. The summed E-state index contributed by atoms with van der Waals surface area (Å²) in [6, 6.07) is 28.5. The molecule has 0 saturated carbocycles. The van der Waals surface area contributed by atoms with Crippen molar-refractivity contribution in [3.05, 3.63) is 108 Å². The quantitative estimate of drug-likeness (QED) is 0.170. The second-order valence-electron chi connectivity index (χ2n) is 15.3. The van der Waals surface area contributed by atoms with Crippen LogP contribution in [-0.4, -0.2) is 76.1 Å². The predicted molar refractivity (Wildman–Crippen MR) is 215 cm³/mol. The standard InChI is InChI=1S/C45H55N3O6S/c1-54-45(53)39-21-13-22-41-48(39)43(51)37(25-27-55-41)30-40(49)35(28-32-14-5-2-6-15-32)23-24-36(29-33-16-7-3-8-17-33)42(50)46-38-20-11-12-26-47(44(38)52)31-34-18-9-4-10-19-34/h2-10,14-19,35-39,41H,11-13,20-31H2,1H3,(H,46,50)/t35-,36-,37-,38+,39+,41+/m1/s1. The maximum absolute atomic E-state index is 14.4. The summed E-state index contributed by atoms with van der Waals surface area (Å²) in [5, 5.41) is 3.08. The van der Waals surface area contributed by atoms with Crippen molar-refractivity contribution in [1.29, 1.82) is 0 Å². The highest BCUT2D eigenvalue weighted by Crippen LogP contribution is 2.38. The van der Waals surface area contributed by atoms with Crippen LogP contribution >= 0.6 is 11.8 Å². The van der Waals surface area contributed by atoms with Crippen LogP contribution in [0.3, 0.4) is 0 Å². The van der Waals surface area contributed by atoms with Crippen LogP contribution in [0.5, 0.6) is 0 Å². The lowest BCUT2D eigenvalue weighted by molar-refractivity contribution is -0.157. The van der Waals surface area contributed by atoms with Gasteiger partial charge in [-0.2, -0.15) is 0 Å². The number of ketones is 1. The molecule has 1 N–H and O–H groups in total. The summed E-state index contributed by atoms with van der Waals surface area (Å²) in [6.07, 6.45) is 7.12. The number of rotatable bonds is 15. The van der Waals surface area contributed by atoms with Crippen molar-refractivity contribution in [2.45, 2.75) is 101 Å². The molecule has 6 rings (SSSR count). The summed E-state index contributed by atoms with van der Waals surface area (Å²) in [6.45, 7) is 1.16. The van der Waals surface area contributed by atoms with Crippen molar-refractivity contribution >= 4 is 41.2 Å². The van der Waals surface area contributed by atoms with Crippen molar-refractivity contribution in [3.63, 3.8) is 0 Å². The summed E-state index contributed by atoms with van der Waals surface area (Å²) in [7, 11) is 1.36. The normalized spacial score (nSPS) is 22.8. The van der Waals surface area contributed by atoms with E-state index in [1.807, 2.05) is 95.9 Å². The fourth-order valence-corrected chi connectivity index (χ4v) is 9.90. The van der Waals surface area contributed by atoms with Crippen LogP contribution in [0.15, 0.2) is 91.0 Å². The van der Waals surface area contributed by atoms with Crippen molar-refractivity contribution in [2.75, 3.05) is 19.4 Å². The second-order valence-corrected chi connectivity index (χ2v) is 16.6. The molecule has 3 aliphatic heterocycles. The van der Waals surface area contributed by atoms with Crippen molar-refractivity contribution in [3.8, 4) is 0 Å². The molecule has 9 nitrogen and oxygen atoms in total. The predicted octanol–water partition coefficient (Wildman–Crippen LogP) is 6.77. The van der Waals surface area contributed by atoms with Crippen LogP contribution in [0.2, 0.25) is 0 Å². The third kappa shape index (κ3) is 10.9. The zero-order chi connectivity index (χ0) is 38.6. The Balaban J connectivity index is 1.18. The Morgan fingerprint density at radius 3 is 2.02 bits per heavy atom. The third-order valence-corrected chi connectivity index (χ3v) is 12.8. The number of hydrogen-bond donors (Lipinski definition) is 1. The molecule has 3 aromatic rings. The van der Waals surface area contributed by atoms with Gasteiger partial charge in [0.05, 0.1) is 12.5 Å². The Labute approximate surface area is 329 Å². The molecule has 0 aliphatic carbocycles. The highest BCUT2D eigenvalue weighted by Gasteiger charge is 2.44. The number of fused-ring (bicyclic) bond motifs is 1. The number of carbonyl (C=O) groups is 5. The van der Waals surface area contributed by atoms with Crippen LogP contribution in [-0.2, 0) is 48.1 Å². The van der Waals surface area contributed by atoms with Crippen LogP contribution in [0.4, 0.5) is 0 Å². The summed E-state index contributed by atoms with van der Waals surface area (Å²) in [5.74, 6) is -1.40. The van der Waals surface area contributed by atoms with Gasteiger partial charge in [0.15, 0.2) is 0 Å². The van der Waals surface area contributed by atoms with Crippen LogP contribution in [0, 0.1) is 17.8 Å². The molecule has 292 valence electrons. The number of Topliss-reactive ketones (excluding diaryl/α,β-unsaturated/α-hetero) is 1. The van der Waals surface area contributed by atoms with E-state index in [0.29, 0.717) is 58.0 Å². The number of methoxy groups -OCH3 is 1. The molecule has 3 saturated heterocycles. The van der Waals surface area contributed by atoms with Crippen LogP contribution in [0.25, 0.3) is 0 Å². The number of nitrogens with one attached hydrogen (secondary N) is 1. The highest BCUT2D eigenvalue weighted by atomic mass is 32.2. The largest absolute Gasteiger partial charge is 0.467 e. The first kappa shape index (κ1) is 40.2. The number of benzene rings is 3. The minimum Gasteiger partial charge on any atom is -0.467 e. The van der Waals surface area contributed by atoms with Crippen LogP contribution < -0.4 is 5.32 Å². The number of ether oxygens (including phenoxy) is 1. The first-order valence-corrected chi connectivity index (χ1v) is 21.1. The third-order valence-electron chi connectivity index (χ3n) is 11.5. The van der Waals surface area contributed by atoms with E-state index in [1.54, 1.807) is 16.7 Å². The molecule has 0 aromatic heterocycles. The number of likely N-dealkylation sites (tertiary alicyclic amines) is 1. The summed E-state index contributed by atoms with van der Waals surface area (Å²) in [4.78, 5) is 73.0. The van der Waals surface area contributed by atoms with Gasteiger partial charge in [-0.25, -0.2) is 4.79 Å². The molecule has 3 fully saturated rings. The monoisotopic (exact) mass is 765 g/mol. The van der Waals surface area contributed by atoms with E-state index in [0.717, 1.165) is 48.1 Å². The van der Waals surface area contributed by atoms with E-state index in [1.165, 1.54) is 7.11 Å². The number of esters is 1. The zero-order valence-electron chi connectivity index (χ0n) is 32.0. The van der Waals surface area contributed by atoms with Gasteiger partial charge in [-0.3, -0.25) is 19.2 Å². The van der Waals surface area contributed by atoms with E-state index in [2.05, 4.69) is 5.32 Å². The van der Waals surface area contributed by atoms with E-state index in [9.17, 15) is 24.0 Å². The van der Waals surface area contributed by atoms with Crippen molar-refractivity contribution < 1.29 is 28.7 Å². The molecule has 3 amide bonds. The maximum atomic E-state index is 14.4. The maximum Gasteiger partial charge on any atom is 0.328 e. The lowest BCUT2D eigenvalue weighted by Crippen LogP contribution is -2.53. The first-order chi connectivity index (χ1) is 26.8. The zero-order valence-corrected chi connectivity index (χ0v) is 32.8. The molecular weight excluding hydrogens is 711 g/mol. The lowest BCUT2D eigenvalue weighted by Gasteiger charge is -2.40. The Bertz CT molecular complexity index is 1740. The molecule has 6 atom stereocenters. The molecule has 3 aliphatic rings. The molecule has 0 radical (unpaired) electrons. The summed E-state index contributed by atoms with van der Waals surface area (Å²) in [5.41, 5.74) is 3.10. The molecule has 55 heavy (non-hydrogen) atoms. The van der Waals surface area contributed by atoms with E-state index in [-0.39, 0.29) is 35.3 Å². The first-order valence-electron chi connectivity index (χ1n) is 20.1. The number of thioether (sulfide) groups is 1. The van der Waals surface area contributed by atoms with Gasteiger partial charge in [0.2, 0.25) is 17.7 Å². The van der Waals surface area contributed by atoms with Gasteiger partial charge in [-0.05, 0) is 93.1 Å². The summed E-state index contributed by atoms with van der Waals surface area (Å²) >= 11 is 1.69. The van der Waals surface area contributed by atoms with Gasteiger partial charge >= 0.3 is 5.97 Å². The lowest BCUT2D eigenvalue weighted by atomic mass is 9.82. The van der Waals surface area contributed by atoms with E-state index >= 15 is 0 Å². The number of nitrogens with zero attached hydrogens (tertiary/aromatic N) is 2. The fourth-order valence-electron chi connectivity index (χ4n) is 8.46. The van der Waals surface area contributed by atoms with Crippen molar-refractivity contribution in [2.24, 2.45) is 17.8 Å². The Kier molecular flexibility index (Phi) is 14.6. The number of amides is 3. The molecule has 0 spiro atoms. The fraction of sp³-hybridized carbons (Fsp3) is 0.489. The molecule has 10 heteroatoms. The average Bonchev–Trinajstić information content (AvgIpc) is 3.48. The van der Waals surface area contributed by atoms with Gasteiger partial charge in [0.25, 0.3) is 0 Å². The molecule has 3 heterocycles. The highest BCUT2D eigenvalue weighted by molar-refractivity contribution is 7.99.